The molecule has 0 spiro atoms. The third-order valence-electron chi connectivity index (χ3n) is 3.45. The van der Waals surface area contributed by atoms with Crippen molar-refractivity contribution in [3.05, 3.63) is 17.5 Å². The molecule has 1 heterocycles. The number of hydrogen-bond acceptors (Lipinski definition) is 2. The van der Waals surface area contributed by atoms with Gasteiger partial charge in [0.15, 0.2) is 0 Å². The van der Waals surface area contributed by atoms with E-state index >= 15 is 0 Å². The summed E-state index contributed by atoms with van der Waals surface area (Å²) in [5.41, 5.74) is 2.39. The quantitative estimate of drug-likeness (QED) is 0.747. The van der Waals surface area contributed by atoms with Gasteiger partial charge in [-0.15, -0.1) is 0 Å². The van der Waals surface area contributed by atoms with Gasteiger partial charge >= 0.3 is 0 Å². The summed E-state index contributed by atoms with van der Waals surface area (Å²) in [6.45, 7) is 8.62. The van der Waals surface area contributed by atoms with Crippen molar-refractivity contribution in [1.29, 1.82) is 0 Å². The van der Waals surface area contributed by atoms with Crippen LogP contribution < -0.4 is 5.32 Å². The Hall–Kier alpha value is -0.830. The zero-order chi connectivity index (χ0) is 11.5. The van der Waals surface area contributed by atoms with Crippen LogP contribution in [0.25, 0.3) is 0 Å². The molecule has 16 heavy (non-hydrogen) atoms. The molecule has 1 saturated carbocycles. The van der Waals surface area contributed by atoms with E-state index in [-0.39, 0.29) is 0 Å². The lowest BCUT2D eigenvalue weighted by molar-refractivity contribution is 0.463. The van der Waals surface area contributed by atoms with Gasteiger partial charge in [-0.05, 0) is 58.6 Å². The average Bonchev–Trinajstić information content (AvgIpc) is 3.01. The lowest BCUT2D eigenvalue weighted by Gasteiger charge is -2.12. The first-order valence-electron chi connectivity index (χ1n) is 6.41. The Morgan fingerprint density at radius 1 is 1.50 bits per heavy atom. The van der Waals surface area contributed by atoms with E-state index in [4.69, 9.17) is 0 Å². The van der Waals surface area contributed by atoms with Gasteiger partial charge in [-0.2, -0.15) is 5.10 Å². The minimum atomic E-state index is 0.709. The molecule has 1 aromatic heterocycles. The van der Waals surface area contributed by atoms with Crippen molar-refractivity contribution in [2.45, 2.75) is 52.6 Å². The fourth-order valence-corrected chi connectivity index (χ4v) is 2.22. The first-order valence-corrected chi connectivity index (χ1v) is 6.41. The van der Waals surface area contributed by atoms with E-state index in [1.807, 2.05) is 0 Å². The number of nitrogens with one attached hydrogen (secondary N) is 1. The van der Waals surface area contributed by atoms with Crippen molar-refractivity contribution in [3.8, 4) is 0 Å². The summed E-state index contributed by atoms with van der Waals surface area (Å²) in [6, 6.07) is 2.85. The van der Waals surface area contributed by atoms with Crippen molar-refractivity contribution in [2.75, 3.05) is 6.54 Å². The first kappa shape index (κ1) is 11.6. The Labute approximate surface area is 98.2 Å². The Kier molecular flexibility index (Phi) is 3.64. The molecule has 1 aromatic rings. The first-order chi connectivity index (χ1) is 7.66. The van der Waals surface area contributed by atoms with Gasteiger partial charge in [0.05, 0.1) is 5.69 Å². The molecule has 1 atom stereocenters. The van der Waals surface area contributed by atoms with Gasteiger partial charge < -0.3 is 5.32 Å². The van der Waals surface area contributed by atoms with Gasteiger partial charge in [0.25, 0.3) is 0 Å². The zero-order valence-electron chi connectivity index (χ0n) is 10.7. The normalized spacial score (nSPS) is 17.7. The predicted molar refractivity (Wildman–Crippen MR) is 66.5 cm³/mol. The smallest absolute Gasteiger partial charge is 0.0596 e. The fourth-order valence-electron chi connectivity index (χ4n) is 2.22. The second-order valence-corrected chi connectivity index (χ2v) is 5.08. The standard InChI is InChI=1S/C13H23N3/c1-10-9-11(2)16(15-10)8-4-7-14-12(3)13-5-6-13/h9,12-14H,4-8H2,1-3H3. The molecule has 0 radical (unpaired) electrons. The molecule has 0 saturated heterocycles. The molecule has 1 fully saturated rings. The lowest BCUT2D eigenvalue weighted by Crippen LogP contribution is -2.29. The Morgan fingerprint density at radius 3 is 2.81 bits per heavy atom. The summed E-state index contributed by atoms with van der Waals surface area (Å²) in [7, 11) is 0. The van der Waals surface area contributed by atoms with Crippen LogP contribution in [0.4, 0.5) is 0 Å². The SMILES string of the molecule is Cc1cc(C)n(CCCNC(C)C2CC2)n1. The highest BCUT2D eigenvalue weighted by Gasteiger charge is 2.27. The number of hydrogen-bond donors (Lipinski definition) is 1. The van der Waals surface area contributed by atoms with E-state index in [1.54, 1.807) is 0 Å². The number of aromatic nitrogens is 2. The van der Waals surface area contributed by atoms with Crippen LogP contribution in [0.2, 0.25) is 0 Å². The fraction of sp³-hybridized carbons (Fsp3) is 0.769. The van der Waals surface area contributed by atoms with Crippen molar-refractivity contribution in [3.63, 3.8) is 0 Å². The highest BCUT2D eigenvalue weighted by Crippen LogP contribution is 2.32. The van der Waals surface area contributed by atoms with Crippen LogP contribution in [-0.2, 0) is 6.54 Å². The maximum atomic E-state index is 4.46. The third-order valence-corrected chi connectivity index (χ3v) is 3.45. The molecule has 1 aliphatic rings. The third kappa shape index (κ3) is 3.08. The van der Waals surface area contributed by atoms with Crippen LogP contribution in [0.1, 0.15) is 37.6 Å². The summed E-state index contributed by atoms with van der Waals surface area (Å²) >= 11 is 0. The molecule has 90 valence electrons. The van der Waals surface area contributed by atoms with Crippen LogP contribution in [0.15, 0.2) is 6.07 Å². The zero-order valence-corrected chi connectivity index (χ0v) is 10.7. The van der Waals surface area contributed by atoms with Crippen LogP contribution >= 0.6 is 0 Å². The predicted octanol–water partition coefficient (Wildman–Crippen LogP) is 2.28. The van der Waals surface area contributed by atoms with Gasteiger partial charge in [0, 0.05) is 18.3 Å². The van der Waals surface area contributed by atoms with Crippen LogP contribution in [0.3, 0.4) is 0 Å². The molecule has 1 N–H and O–H groups in total. The number of rotatable bonds is 6. The second-order valence-electron chi connectivity index (χ2n) is 5.08. The van der Waals surface area contributed by atoms with Crippen molar-refractivity contribution >= 4 is 0 Å². The minimum Gasteiger partial charge on any atom is -0.314 e. The van der Waals surface area contributed by atoms with Gasteiger partial charge in [-0.3, -0.25) is 4.68 Å². The van der Waals surface area contributed by atoms with Crippen molar-refractivity contribution in [1.82, 2.24) is 15.1 Å². The molecule has 2 rings (SSSR count). The molecule has 0 amide bonds. The highest BCUT2D eigenvalue weighted by molar-refractivity contribution is 5.06. The Bertz CT molecular complexity index is 339. The van der Waals surface area contributed by atoms with Crippen molar-refractivity contribution in [2.24, 2.45) is 5.92 Å². The van der Waals surface area contributed by atoms with E-state index < -0.39 is 0 Å². The largest absolute Gasteiger partial charge is 0.314 e. The average molecular weight is 221 g/mol. The maximum Gasteiger partial charge on any atom is 0.0596 e. The van der Waals surface area contributed by atoms with Gasteiger partial charge in [-0.25, -0.2) is 0 Å². The Morgan fingerprint density at radius 2 is 2.25 bits per heavy atom. The van der Waals surface area contributed by atoms with E-state index in [9.17, 15) is 0 Å². The van der Waals surface area contributed by atoms with Crippen LogP contribution in [-0.4, -0.2) is 22.4 Å². The molecule has 1 unspecified atom stereocenters. The second kappa shape index (κ2) is 5.00. The maximum absolute atomic E-state index is 4.46. The van der Waals surface area contributed by atoms with Crippen molar-refractivity contribution < 1.29 is 0 Å². The monoisotopic (exact) mass is 221 g/mol. The number of aryl methyl sites for hydroxylation is 3. The highest BCUT2D eigenvalue weighted by atomic mass is 15.3. The minimum absolute atomic E-state index is 0.709. The summed E-state index contributed by atoms with van der Waals surface area (Å²) in [6.07, 6.45) is 4.01. The molecule has 3 heteroatoms. The summed E-state index contributed by atoms with van der Waals surface area (Å²) in [5, 5.41) is 8.06. The van der Waals surface area contributed by atoms with E-state index in [0.717, 1.165) is 24.7 Å². The summed E-state index contributed by atoms with van der Waals surface area (Å²) in [5.74, 6) is 0.952. The van der Waals surface area contributed by atoms with E-state index in [1.165, 1.54) is 25.0 Å². The van der Waals surface area contributed by atoms with E-state index in [0.29, 0.717) is 6.04 Å². The molecular weight excluding hydrogens is 198 g/mol. The van der Waals surface area contributed by atoms with Gasteiger partial charge in [-0.1, -0.05) is 0 Å². The molecule has 3 nitrogen and oxygen atoms in total. The van der Waals surface area contributed by atoms with E-state index in [2.05, 4.69) is 41.9 Å². The molecule has 0 aliphatic heterocycles. The molecule has 1 aliphatic carbocycles. The molecule has 0 aromatic carbocycles. The van der Waals surface area contributed by atoms with Gasteiger partial charge in [0.1, 0.15) is 0 Å². The summed E-state index contributed by atoms with van der Waals surface area (Å²) in [4.78, 5) is 0. The molecule has 0 bridgehead atoms. The number of nitrogens with zero attached hydrogens (tertiary/aromatic N) is 2. The summed E-state index contributed by atoms with van der Waals surface area (Å²) < 4.78 is 2.11. The topological polar surface area (TPSA) is 29.9 Å². The van der Waals surface area contributed by atoms with Crippen LogP contribution in [0.5, 0.6) is 0 Å². The Balaban J connectivity index is 1.65. The van der Waals surface area contributed by atoms with Crippen LogP contribution in [0, 0.1) is 19.8 Å². The lowest BCUT2D eigenvalue weighted by atomic mass is 10.2. The molecular formula is C13H23N3. The van der Waals surface area contributed by atoms with Gasteiger partial charge in [0.2, 0.25) is 0 Å².